The molecule has 1 saturated carbocycles. The lowest BCUT2D eigenvalue weighted by Gasteiger charge is -2.27. The van der Waals surface area contributed by atoms with E-state index in [4.69, 9.17) is 4.74 Å². The fraction of sp³-hybridized carbons (Fsp3) is 0.600. The predicted octanol–water partition coefficient (Wildman–Crippen LogP) is 2.85. The third kappa shape index (κ3) is 4.51. The van der Waals surface area contributed by atoms with Crippen LogP contribution in [0.2, 0.25) is 0 Å². The number of unbranched alkanes of at least 4 members (excludes halogenated alkanes) is 1. The van der Waals surface area contributed by atoms with Gasteiger partial charge in [-0.2, -0.15) is 0 Å². The van der Waals surface area contributed by atoms with Gasteiger partial charge in [0.05, 0.1) is 4.90 Å². The van der Waals surface area contributed by atoms with E-state index in [0.29, 0.717) is 24.9 Å². The Kier molecular flexibility index (Phi) is 7.03. The summed E-state index contributed by atoms with van der Waals surface area (Å²) in [5, 5.41) is 2.66. The minimum atomic E-state index is -3.93. The Hall–Kier alpha value is -1.89. The Bertz CT molecular complexity index is 795. The van der Waals surface area contributed by atoms with Crippen LogP contribution in [0.4, 0.5) is 0 Å². The van der Waals surface area contributed by atoms with Crippen molar-refractivity contribution in [1.29, 1.82) is 0 Å². The van der Waals surface area contributed by atoms with Gasteiger partial charge in [-0.1, -0.05) is 38.3 Å². The molecule has 0 atom stereocenters. The van der Waals surface area contributed by atoms with Gasteiger partial charge in [-0.05, 0) is 50.3 Å². The Morgan fingerprint density at radius 1 is 1.19 bits per heavy atom. The van der Waals surface area contributed by atoms with Gasteiger partial charge >= 0.3 is 5.97 Å². The van der Waals surface area contributed by atoms with Crippen molar-refractivity contribution >= 4 is 21.7 Å². The Balaban J connectivity index is 2.22. The van der Waals surface area contributed by atoms with Crippen LogP contribution in [0.1, 0.15) is 56.6 Å². The Labute approximate surface area is 161 Å². The highest BCUT2D eigenvalue weighted by Gasteiger charge is 2.54. The first kappa shape index (κ1) is 21.4. The first-order valence-electron chi connectivity index (χ1n) is 9.50. The molecule has 1 fully saturated rings. The van der Waals surface area contributed by atoms with Crippen LogP contribution in [0.25, 0.3) is 0 Å². The predicted molar refractivity (Wildman–Crippen MR) is 103 cm³/mol. The molecular weight excluding hydrogens is 366 g/mol. The highest BCUT2D eigenvalue weighted by Crippen LogP contribution is 2.42. The molecule has 1 aliphatic rings. The molecule has 1 aromatic carbocycles. The fourth-order valence-corrected chi connectivity index (χ4v) is 5.81. The standard InChI is InChI=1S/C20H29NO5S/c1-4-5-12-21-18(22)14-26-19(23)20(10-6-7-11-20)27(24,25)17-13-15(2)8-9-16(17)3/h8-9,13H,4-7,10-12,14H2,1-3H3,(H,21,22). The molecule has 7 heteroatoms. The third-order valence-electron chi connectivity index (χ3n) is 5.12. The number of carbonyl (C=O) groups excluding carboxylic acids is 2. The lowest BCUT2D eigenvalue weighted by molar-refractivity contribution is -0.151. The average molecular weight is 396 g/mol. The highest BCUT2D eigenvalue weighted by atomic mass is 32.2. The van der Waals surface area contributed by atoms with E-state index in [1.165, 1.54) is 0 Å². The van der Waals surface area contributed by atoms with Crippen LogP contribution in [-0.4, -0.2) is 38.2 Å². The molecule has 6 nitrogen and oxygen atoms in total. The van der Waals surface area contributed by atoms with Crippen LogP contribution in [0.3, 0.4) is 0 Å². The SMILES string of the molecule is CCCCNC(=O)COC(=O)C1(S(=O)(=O)c2cc(C)ccc2C)CCCC1. The number of hydrogen-bond acceptors (Lipinski definition) is 5. The van der Waals surface area contributed by atoms with Crippen molar-refractivity contribution in [2.75, 3.05) is 13.2 Å². The maximum Gasteiger partial charge on any atom is 0.328 e. The maximum atomic E-state index is 13.4. The number of benzene rings is 1. The quantitative estimate of drug-likeness (QED) is 0.540. The summed E-state index contributed by atoms with van der Waals surface area (Å²) in [6, 6.07) is 5.20. The highest BCUT2D eigenvalue weighted by molar-refractivity contribution is 7.93. The van der Waals surface area contributed by atoms with Crippen molar-refractivity contribution in [3.8, 4) is 0 Å². The largest absolute Gasteiger partial charge is 0.454 e. The number of hydrogen-bond donors (Lipinski definition) is 1. The minimum absolute atomic E-state index is 0.175. The van der Waals surface area contributed by atoms with Gasteiger partial charge in [0.1, 0.15) is 0 Å². The van der Waals surface area contributed by atoms with E-state index in [1.807, 2.05) is 19.9 Å². The van der Waals surface area contributed by atoms with Gasteiger partial charge in [0, 0.05) is 6.54 Å². The monoisotopic (exact) mass is 395 g/mol. The van der Waals surface area contributed by atoms with Gasteiger partial charge in [-0.3, -0.25) is 9.59 Å². The summed E-state index contributed by atoms with van der Waals surface area (Å²) in [4.78, 5) is 24.8. The van der Waals surface area contributed by atoms with Gasteiger partial charge in [-0.25, -0.2) is 8.42 Å². The molecule has 150 valence electrons. The lowest BCUT2D eigenvalue weighted by Crippen LogP contribution is -2.46. The molecule has 1 aliphatic carbocycles. The van der Waals surface area contributed by atoms with Gasteiger partial charge in [0.25, 0.3) is 5.91 Å². The van der Waals surface area contributed by atoms with Crippen molar-refractivity contribution < 1.29 is 22.7 Å². The van der Waals surface area contributed by atoms with Crippen LogP contribution in [0.5, 0.6) is 0 Å². The summed E-state index contributed by atoms with van der Waals surface area (Å²) in [7, 11) is -3.93. The van der Waals surface area contributed by atoms with Crippen LogP contribution in [0, 0.1) is 13.8 Å². The minimum Gasteiger partial charge on any atom is -0.454 e. The molecule has 0 heterocycles. The summed E-state index contributed by atoms with van der Waals surface area (Å²) >= 11 is 0. The van der Waals surface area contributed by atoms with Gasteiger partial charge in [0.15, 0.2) is 21.2 Å². The number of rotatable bonds is 8. The van der Waals surface area contributed by atoms with E-state index in [-0.39, 0.29) is 17.7 Å². The zero-order valence-electron chi connectivity index (χ0n) is 16.3. The Morgan fingerprint density at radius 3 is 2.48 bits per heavy atom. The summed E-state index contributed by atoms with van der Waals surface area (Å²) in [5.74, 6) is -1.22. The number of sulfone groups is 1. The molecule has 1 amide bonds. The second kappa shape index (κ2) is 8.87. The van der Waals surface area contributed by atoms with Crippen LogP contribution in [-0.2, 0) is 24.2 Å². The van der Waals surface area contributed by atoms with Crippen molar-refractivity contribution in [3.63, 3.8) is 0 Å². The summed E-state index contributed by atoms with van der Waals surface area (Å²) in [6.07, 6.45) is 3.50. The van der Waals surface area contributed by atoms with E-state index in [0.717, 1.165) is 18.4 Å². The number of aryl methyl sites for hydroxylation is 2. The average Bonchev–Trinajstić information content (AvgIpc) is 3.13. The van der Waals surface area contributed by atoms with E-state index in [1.54, 1.807) is 19.1 Å². The lowest BCUT2D eigenvalue weighted by atomic mass is 10.1. The number of nitrogens with one attached hydrogen (secondary N) is 1. The second-order valence-corrected chi connectivity index (χ2v) is 9.48. The number of amides is 1. The van der Waals surface area contributed by atoms with E-state index in [9.17, 15) is 18.0 Å². The van der Waals surface area contributed by atoms with E-state index in [2.05, 4.69) is 5.32 Å². The summed E-state index contributed by atoms with van der Waals surface area (Å²) in [5.41, 5.74) is 1.42. The van der Waals surface area contributed by atoms with Crippen molar-refractivity contribution in [1.82, 2.24) is 5.32 Å². The molecule has 0 radical (unpaired) electrons. The van der Waals surface area contributed by atoms with Crippen molar-refractivity contribution in [2.45, 2.75) is 68.9 Å². The third-order valence-corrected chi connectivity index (χ3v) is 7.74. The summed E-state index contributed by atoms with van der Waals surface area (Å²) < 4.78 is 30.4. The zero-order valence-corrected chi connectivity index (χ0v) is 17.2. The van der Waals surface area contributed by atoms with E-state index < -0.39 is 33.1 Å². The number of esters is 1. The van der Waals surface area contributed by atoms with Crippen LogP contribution < -0.4 is 5.32 Å². The molecule has 0 unspecified atom stereocenters. The first-order valence-corrected chi connectivity index (χ1v) is 11.0. The molecule has 2 rings (SSSR count). The Morgan fingerprint density at radius 2 is 1.85 bits per heavy atom. The molecule has 1 N–H and O–H groups in total. The van der Waals surface area contributed by atoms with E-state index >= 15 is 0 Å². The second-order valence-electron chi connectivity index (χ2n) is 7.25. The smallest absolute Gasteiger partial charge is 0.328 e. The molecule has 27 heavy (non-hydrogen) atoms. The molecule has 1 aromatic rings. The zero-order chi connectivity index (χ0) is 20.1. The molecular formula is C20H29NO5S. The van der Waals surface area contributed by atoms with Gasteiger partial charge < -0.3 is 10.1 Å². The van der Waals surface area contributed by atoms with Crippen molar-refractivity contribution in [2.24, 2.45) is 0 Å². The van der Waals surface area contributed by atoms with Gasteiger partial charge in [-0.15, -0.1) is 0 Å². The molecule has 0 bridgehead atoms. The molecule has 0 saturated heterocycles. The topological polar surface area (TPSA) is 89.5 Å². The van der Waals surface area contributed by atoms with Gasteiger partial charge in [0.2, 0.25) is 0 Å². The number of carbonyl (C=O) groups is 2. The molecule has 0 aromatic heterocycles. The maximum absolute atomic E-state index is 13.4. The van der Waals surface area contributed by atoms with Crippen LogP contribution in [0.15, 0.2) is 23.1 Å². The normalized spacial score (nSPS) is 16.1. The molecule has 0 spiro atoms. The van der Waals surface area contributed by atoms with Crippen LogP contribution >= 0.6 is 0 Å². The number of ether oxygens (including phenoxy) is 1. The summed E-state index contributed by atoms with van der Waals surface area (Å²) in [6.45, 7) is 5.61. The van der Waals surface area contributed by atoms with Crippen molar-refractivity contribution in [3.05, 3.63) is 29.3 Å². The fourth-order valence-electron chi connectivity index (χ4n) is 3.45. The first-order chi connectivity index (χ1) is 12.7. The molecule has 0 aliphatic heterocycles.